The lowest BCUT2D eigenvalue weighted by atomic mass is 10.1. The van der Waals surface area contributed by atoms with Crippen molar-refractivity contribution in [2.24, 2.45) is 0 Å². The summed E-state index contributed by atoms with van der Waals surface area (Å²) in [6, 6.07) is 0. The molecule has 0 heterocycles. The van der Waals surface area contributed by atoms with E-state index in [1.54, 1.807) is 6.26 Å². The van der Waals surface area contributed by atoms with Crippen LogP contribution in [0.1, 0.15) is 156 Å². The van der Waals surface area contributed by atoms with Gasteiger partial charge in [0, 0.05) is 13.2 Å². The molecular weight excluding hydrogens is 436 g/mol. The first kappa shape index (κ1) is 34.4. The summed E-state index contributed by atoms with van der Waals surface area (Å²) in [5.41, 5.74) is 0. The Morgan fingerprint density at radius 3 is 1.57 bits per heavy atom. The third-order valence-corrected chi connectivity index (χ3v) is 6.40. The quantitative estimate of drug-likeness (QED) is 0.0560. The van der Waals surface area contributed by atoms with Gasteiger partial charge in [0.2, 0.25) is 0 Å². The standard InChI is InChI=1S/C31H62O4/c1-4-7-10-21-26-32-30-33-27-22-19-17-15-13-14-16-18-20-25-31(34-28-23-11-8-5-2)35-29-24-12-9-6-3/h22,27,31H,4-21,23-26,28-30H2,1-3H3. The second-order valence-electron chi connectivity index (χ2n) is 9.97. The van der Waals surface area contributed by atoms with Gasteiger partial charge < -0.3 is 18.9 Å². The van der Waals surface area contributed by atoms with E-state index in [9.17, 15) is 0 Å². The van der Waals surface area contributed by atoms with Crippen molar-refractivity contribution in [2.45, 2.75) is 162 Å². The van der Waals surface area contributed by atoms with Gasteiger partial charge in [0.15, 0.2) is 13.1 Å². The molecule has 210 valence electrons. The second-order valence-corrected chi connectivity index (χ2v) is 9.97. The Hall–Kier alpha value is -0.580. The van der Waals surface area contributed by atoms with Gasteiger partial charge in [0.05, 0.1) is 12.9 Å². The lowest BCUT2D eigenvalue weighted by Crippen LogP contribution is -2.19. The highest BCUT2D eigenvalue weighted by Gasteiger charge is 2.09. The molecule has 0 aliphatic carbocycles. The molecule has 0 atom stereocenters. The molecule has 0 N–H and O–H groups in total. The summed E-state index contributed by atoms with van der Waals surface area (Å²) in [7, 11) is 0. The third-order valence-electron chi connectivity index (χ3n) is 6.40. The smallest absolute Gasteiger partial charge is 0.188 e. The summed E-state index contributed by atoms with van der Waals surface area (Å²) >= 11 is 0. The molecule has 0 rings (SSSR count). The number of ether oxygens (including phenoxy) is 4. The number of unbranched alkanes of at least 4 members (excludes halogenated alkanes) is 16. The molecular formula is C31H62O4. The summed E-state index contributed by atoms with van der Waals surface area (Å²) in [4.78, 5) is 0. The molecule has 0 aromatic heterocycles. The zero-order valence-electron chi connectivity index (χ0n) is 24.0. The molecule has 35 heavy (non-hydrogen) atoms. The lowest BCUT2D eigenvalue weighted by molar-refractivity contribution is -0.148. The number of allylic oxidation sites excluding steroid dienone is 1. The Morgan fingerprint density at radius 1 is 0.514 bits per heavy atom. The first-order chi connectivity index (χ1) is 17.3. The first-order valence-electron chi connectivity index (χ1n) is 15.4. The molecule has 0 radical (unpaired) electrons. The van der Waals surface area contributed by atoms with Crippen molar-refractivity contribution < 1.29 is 18.9 Å². The molecule has 0 amide bonds. The SMILES string of the molecule is CCCCCCOCOC=CCCCCCCCCCC(OCCCCCC)OCCCCCC. The molecule has 0 unspecified atom stereocenters. The average Bonchev–Trinajstić information content (AvgIpc) is 2.87. The van der Waals surface area contributed by atoms with Gasteiger partial charge in [0.1, 0.15) is 0 Å². The topological polar surface area (TPSA) is 36.9 Å². The molecule has 0 aromatic rings. The van der Waals surface area contributed by atoms with E-state index < -0.39 is 0 Å². The maximum absolute atomic E-state index is 6.08. The largest absolute Gasteiger partial charge is 0.475 e. The zero-order valence-corrected chi connectivity index (χ0v) is 24.0. The van der Waals surface area contributed by atoms with Crippen LogP contribution in [0.4, 0.5) is 0 Å². The van der Waals surface area contributed by atoms with Gasteiger partial charge in [-0.05, 0) is 51.0 Å². The minimum absolute atomic E-state index is 0.0127. The van der Waals surface area contributed by atoms with Crippen molar-refractivity contribution in [3.63, 3.8) is 0 Å². The van der Waals surface area contributed by atoms with Gasteiger partial charge in [-0.15, -0.1) is 0 Å². The van der Waals surface area contributed by atoms with Crippen molar-refractivity contribution in [3.05, 3.63) is 12.3 Å². The Labute approximate surface area is 219 Å². The summed E-state index contributed by atoms with van der Waals surface area (Å²) in [6.07, 6.45) is 30.2. The zero-order chi connectivity index (χ0) is 25.5. The van der Waals surface area contributed by atoms with E-state index in [0.29, 0.717) is 6.79 Å². The molecule has 0 aromatic carbocycles. The van der Waals surface area contributed by atoms with Gasteiger partial charge in [-0.2, -0.15) is 0 Å². The predicted octanol–water partition coefficient (Wildman–Crippen LogP) is 10.1. The minimum atomic E-state index is 0.0127. The average molecular weight is 499 g/mol. The fourth-order valence-electron chi connectivity index (χ4n) is 4.07. The van der Waals surface area contributed by atoms with Crippen LogP contribution in [0.2, 0.25) is 0 Å². The molecule has 4 nitrogen and oxygen atoms in total. The molecule has 0 bridgehead atoms. The van der Waals surface area contributed by atoms with Crippen LogP contribution >= 0.6 is 0 Å². The second kappa shape index (κ2) is 31.4. The fourth-order valence-corrected chi connectivity index (χ4v) is 4.07. The normalized spacial score (nSPS) is 11.8. The van der Waals surface area contributed by atoms with Crippen molar-refractivity contribution in [1.29, 1.82) is 0 Å². The summed E-state index contributed by atoms with van der Waals surface area (Å²) < 4.78 is 23.0. The van der Waals surface area contributed by atoms with Crippen LogP contribution in [0.3, 0.4) is 0 Å². The van der Waals surface area contributed by atoms with Crippen LogP contribution in [-0.4, -0.2) is 32.9 Å². The number of hydrogen-bond acceptors (Lipinski definition) is 4. The van der Waals surface area contributed by atoms with E-state index in [1.807, 2.05) is 0 Å². The monoisotopic (exact) mass is 498 g/mol. The molecule has 0 saturated carbocycles. The van der Waals surface area contributed by atoms with E-state index in [4.69, 9.17) is 18.9 Å². The van der Waals surface area contributed by atoms with Gasteiger partial charge in [0.25, 0.3) is 0 Å². The minimum Gasteiger partial charge on any atom is -0.475 e. The Kier molecular flexibility index (Phi) is 30.9. The predicted molar refractivity (Wildman–Crippen MR) is 151 cm³/mol. The summed E-state index contributed by atoms with van der Waals surface area (Å²) in [5.74, 6) is 0. The molecule has 0 aliphatic rings. The fraction of sp³-hybridized carbons (Fsp3) is 0.935. The van der Waals surface area contributed by atoms with Crippen LogP contribution in [0.25, 0.3) is 0 Å². The molecule has 4 heteroatoms. The molecule has 0 fully saturated rings. The van der Waals surface area contributed by atoms with Gasteiger partial charge in [-0.1, -0.05) is 111 Å². The van der Waals surface area contributed by atoms with Crippen molar-refractivity contribution >= 4 is 0 Å². The van der Waals surface area contributed by atoms with E-state index >= 15 is 0 Å². The van der Waals surface area contributed by atoms with Crippen LogP contribution < -0.4 is 0 Å². The lowest BCUT2D eigenvalue weighted by Gasteiger charge is -2.19. The first-order valence-corrected chi connectivity index (χ1v) is 15.4. The maximum atomic E-state index is 6.08. The van der Waals surface area contributed by atoms with Gasteiger partial charge in [-0.3, -0.25) is 0 Å². The van der Waals surface area contributed by atoms with Crippen LogP contribution in [0, 0.1) is 0 Å². The van der Waals surface area contributed by atoms with Crippen molar-refractivity contribution in [2.75, 3.05) is 26.6 Å². The van der Waals surface area contributed by atoms with E-state index in [2.05, 4.69) is 26.8 Å². The Bertz CT molecular complexity index is 385. The number of rotatable bonds is 30. The third kappa shape index (κ3) is 29.5. The summed E-state index contributed by atoms with van der Waals surface area (Å²) in [6.45, 7) is 9.64. The van der Waals surface area contributed by atoms with Crippen molar-refractivity contribution in [3.8, 4) is 0 Å². The highest BCUT2D eigenvalue weighted by atomic mass is 16.7. The highest BCUT2D eigenvalue weighted by molar-refractivity contribution is 4.72. The van der Waals surface area contributed by atoms with E-state index in [0.717, 1.165) is 51.9 Å². The van der Waals surface area contributed by atoms with Crippen LogP contribution in [-0.2, 0) is 18.9 Å². The Morgan fingerprint density at radius 2 is 1.00 bits per heavy atom. The number of hydrogen-bond donors (Lipinski definition) is 0. The molecule has 0 saturated heterocycles. The van der Waals surface area contributed by atoms with Crippen LogP contribution in [0.15, 0.2) is 12.3 Å². The Balaban J connectivity index is 3.58. The molecule has 0 aliphatic heterocycles. The van der Waals surface area contributed by atoms with Gasteiger partial charge >= 0.3 is 0 Å². The summed E-state index contributed by atoms with van der Waals surface area (Å²) in [5, 5.41) is 0. The van der Waals surface area contributed by atoms with Crippen LogP contribution in [0.5, 0.6) is 0 Å². The van der Waals surface area contributed by atoms with Gasteiger partial charge in [-0.25, -0.2) is 0 Å². The van der Waals surface area contributed by atoms with Crippen molar-refractivity contribution in [1.82, 2.24) is 0 Å². The maximum Gasteiger partial charge on any atom is 0.188 e. The highest BCUT2D eigenvalue weighted by Crippen LogP contribution is 2.14. The van der Waals surface area contributed by atoms with E-state index in [1.165, 1.54) is 103 Å². The van der Waals surface area contributed by atoms with E-state index in [-0.39, 0.29) is 6.29 Å². The molecule has 0 spiro atoms.